The first-order valence-electron chi connectivity index (χ1n) is 5.67. The van der Waals surface area contributed by atoms with Crippen molar-refractivity contribution in [3.63, 3.8) is 0 Å². The lowest BCUT2D eigenvalue weighted by Gasteiger charge is -2.29. The normalized spacial score (nSPS) is 28.5. The van der Waals surface area contributed by atoms with Crippen LogP contribution in [-0.2, 0) is 4.79 Å². The highest BCUT2D eigenvalue weighted by atomic mass is 32.2. The van der Waals surface area contributed by atoms with Gasteiger partial charge in [0.25, 0.3) is 0 Å². The standard InChI is InChI=1S/C11H22N2OS/c1-8(12-2)11(14)13-9-5-4-6-10(7-9)15-3/h8-10,12H,4-7H2,1-3H3,(H,13,14). The van der Waals surface area contributed by atoms with Gasteiger partial charge in [-0.3, -0.25) is 4.79 Å². The third-order valence-electron chi connectivity index (χ3n) is 3.13. The zero-order valence-corrected chi connectivity index (χ0v) is 10.7. The van der Waals surface area contributed by atoms with Gasteiger partial charge in [-0.15, -0.1) is 0 Å². The van der Waals surface area contributed by atoms with Crippen molar-refractivity contribution in [2.75, 3.05) is 13.3 Å². The van der Waals surface area contributed by atoms with E-state index in [0.717, 1.165) is 18.1 Å². The van der Waals surface area contributed by atoms with Crippen molar-refractivity contribution in [1.82, 2.24) is 10.6 Å². The Kier molecular flexibility index (Phi) is 5.47. The maximum Gasteiger partial charge on any atom is 0.237 e. The van der Waals surface area contributed by atoms with Crippen molar-refractivity contribution in [2.24, 2.45) is 0 Å². The van der Waals surface area contributed by atoms with Gasteiger partial charge in [0.15, 0.2) is 0 Å². The summed E-state index contributed by atoms with van der Waals surface area (Å²) in [7, 11) is 1.82. The maximum absolute atomic E-state index is 11.7. The van der Waals surface area contributed by atoms with Gasteiger partial charge in [0.05, 0.1) is 6.04 Å². The molecule has 0 aromatic heterocycles. The summed E-state index contributed by atoms with van der Waals surface area (Å²) >= 11 is 1.92. The molecule has 3 nitrogen and oxygen atoms in total. The first kappa shape index (κ1) is 12.8. The molecule has 88 valence electrons. The minimum Gasteiger partial charge on any atom is -0.352 e. The maximum atomic E-state index is 11.7. The van der Waals surface area contributed by atoms with Crippen LogP contribution in [0.25, 0.3) is 0 Å². The molecule has 0 radical (unpaired) electrons. The summed E-state index contributed by atoms with van der Waals surface area (Å²) < 4.78 is 0. The fourth-order valence-corrected chi connectivity index (χ4v) is 2.77. The van der Waals surface area contributed by atoms with E-state index in [2.05, 4.69) is 16.9 Å². The number of carbonyl (C=O) groups is 1. The number of hydrogen-bond acceptors (Lipinski definition) is 3. The van der Waals surface area contributed by atoms with E-state index < -0.39 is 0 Å². The molecule has 0 aromatic rings. The van der Waals surface area contributed by atoms with Crippen LogP contribution >= 0.6 is 11.8 Å². The summed E-state index contributed by atoms with van der Waals surface area (Å²) in [5.41, 5.74) is 0. The van der Waals surface area contributed by atoms with Crippen molar-refractivity contribution in [1.29, 1.82) is 0 Å². The van der Waals surface area contributed by atoms with Gasteiger partial charge in [-0.05, 0) is 39.5 Å². The number of carbonyl (C=O) groups excluding carboxylic acids is 1. The second-order valence-corrected chi connectivity index (χ2v) is 5.38. The highest BCUT2D eigenvalue weighted by Crippen LogP contribution is 2.26. The molecule has 1 aliphatic rings. The van der Waals surface area contributed by atoms with E-state index in [1.807, 2.05) is 25.7 Å². The smallest absolute Gasteiger partial charge is 0.237 e. The Balaban J connectivity index is 2.34. The van der Waals surface area contributed by atoms with Crippen molar-refractivity contribution in [2.45, 2.75) is 49.9 Å². The van der Waals surface area contributed by atoms with E-state index >= 15 is 0 Å². The lowest BCUT2D eigenvalue weighted by Crippen LogP contribution is -2.46. The molecular formula is C11H22N2OS. The van der Waals surface area contributed by atoms with Crippen LogP contribution in [0, 0.1) is 0 Å². The lowest BCUT2D eigenvalue weighted by molar-refractivity contribution is -0.123. The molecule has 0 aliphatic heterocycles. The van der Waals surface area contributed by atoms with Crippen LogP contribution in [0.15, 0.2) is 0 Å². The Morgan fingerprint density at radius 1 is 1.47 bits per heavy atom. The topological polar surface area (TPSA) is 41.1 Å². The highest BCUT2D eigenvalue weighted by Gasteiger charge is 2.23. The largest absolute Gasteiger partial charge is 0.352 e. The first-order valence-corrected chi connectivity index (χ1v) is 6.96. The predicted molar refractivity (Wildman–Crippen MR) is 66.2 cm³/mol. The zero-order valence-electron chi connectivity index (χ0n) is 9.88. The average Bonchev–Trinajstić information content (AvgIpc) is 2.28. The number of likely N-dealkylation sites (N-methyl/N-ethyl adjacent to an activating group) is 1. The van der Waals surface area contributed by atoms with Crippen molar-refractivity contribution < 1.29 is 4.79 Å². The van der Waals surface area contributed by atoms with E-state index in [9.17, 15) is 4.79 Å². The SMILES string of the molecule is CNC(C)C(=O)NC1CCCC(SC)C1. The second kappa shape index (κ2) is 6.38. The molecule has 0 aromatic carbocycles. The fourth-order valence-electron chi connectivity index (χ4n) is 1.95. The number of amides is 1. The molecule has 0 saturated heterocycles. The molecule has 4 heteroatoms. The Hall–Kier alpha value is -0.220. The first-order chi connectivity index (χ1) is 7.17. The fraction of sp³-hybridized carbons (Fsp3) is 0.909. The second-order valence-electron chi connectivity index (χ2n) is 4.24. The van der Waals surface area contributed by atoms with Gasteiger partial charge < -0.3 is 10.6 Å². The molecule has 15 heavy (non-hydrogen) atoms. The van der Waals surface area contributed by atoms with E-state index in [4.69, 9.17) is 0 Å². The molecule has 1 amide bonds. The van der Waals surface area contributed by atoms with Crippen LogP contribution in [0.4, 0.5) is 0 Å². The van der Waals surface area contributed by atoms with Gasteiger partial charge in [-0.1, -0.05) is 6.42 Å². The van der Waals surface area contributed by atoms with E-state index in [0.29, 0.717) is 6.04 Å². The number of rotatable bonds is 4. The summed E-state index contributed by atoms with van der Waals surface area (Å²) in [5.74, 6) is 0.129. The molecule has 1 aliphatic carbocycles. The summed E-state index contributed by atoms with van der Waals surface area (Å²) in [6, 6.07) is 0.305. The van der Waals surface area contributed by atoms with Gasteiger partial charge in [0.1, 0.15) is 0 Å². The Morgan fingerprint density at radius 2 is 2.20 bits per heavy atom. The lowest BCUT2D eigenvalue weighted by atomic mass is 9.95. The van der Waals surface area contributed by atoms with Gasteiger partial charge >= 0.3 is 0 Å². The Bertz CT molecular complexity index is 211. The molecule has 3 unspecified atom stereocenters. The summed E-state index contributed by atoms with van der Waals surface area (Å²) in [4.78, 5) is 11.7. The molecule has 3 atom stereocenters. The third-order valence-corrected chi connectivity index (χ3v) is 4.23. The van der Waals surface area contributed by atoms with E-state index in [1.54, 1.807) is 0 Å². The van der Waals surface area contributed by atoms with Crippen molar-refractivity contribution in [3.8, 4) is 0 Å². The molecule has 0 heterocycles. The summed E-state index contributed by atoms with van der Waals surface area (Å²) in [6.07, 6.45) is 6.97. The van der Waals surface area contributed by atoms with Crippen LogP contribution in [-0.4, -0.2) is 36.5 Å². The van der Waals surface area contributed by atoms with E-state index in [-0.39, 0.29) is 11.9 Å². The Morgan fingerprint density at radius 3 is 2.80 bits per heavy atom. The molecule has 2 N–H and O–H groups in total. The molecule has 0 bridgehead atoms. The molecular weight excluding hydrogens is 208 g/mol. The van der Waals surface area contributed by atoms with Crippen molar-refractivity contribution >= 4 is 17.7 Å². The number of nitrogens with one attached hydrogen (secondary N) is 2. The molecule has 1 rings (SSSR count). The van der Waals surface area contributed by atoms with Gasteiger partial charge in [-0.25, -0.2) is 0 Å². The summed E-state index contributed by atoms with van der Waals surface area (Å²) in [6.45, 7) is 1.89. The predicted octanol–water partition coefficient (Wildman–Crippen LogP) is 1.38. The van der Waals surface area contributed by atoms with Gasteiger partial charge in [-0.2, -0.15) is 11.8 Å². The summed E-state index contributed by atoms with van der Waals surface area (Å²) in [5, 5.41) is 6.81. The Labute approximate surface area is 96.8 Å². The number of thioether (sulfide) groups is 1. The van der Waals surface area contributed by atoms with Crippen molar-refractivity contribution in [3.05, 3.63) is 0 Å². The van der Waals surface area contributed by atoms with Gasteiger partial charge in [0, 0.05) is 11.3 Å². The van der Waals surface area contributed by atoms with Gasteiger partial charge in [0.2, 0.25) is 5.91 Å². The zero-order chi connectivity index (χ0) is 11.3. The molecule has 0 spiro atoms. The van der Waals surface area contributed by atoms with Crippen LogP contribution in [0.3, 0.4) is 0 Å². The van der Waals surface area contributed by atoms with Crippen LogP contribution < -0.4 is 10.6 Å². The average molecular weight is 230 g/mol. The highest BCUT2D eigenvalue weighted by molar-refractivity contribution is 7.99. The van der Waals surface area contributed by atoms with E-state index in [1.165, 1.54) is 12.8 Å². The quantitative estimate of drug-likeness (QED) is 0.767. The number of hydrogen-bond donors (Lipinski definition) is 2. The minimum atomic E-state index is -0.0837. The van der Waals surface area contributed by atoms with Crippen LogP contribution in [0.2, 0.25) is 0 Å². The molecule has 1 saturated carbocycles. The van der Waals surface area contributed by atoms with Crippen LogP contribution in [0.1, 0.15) is 32.6 Å². The minimum absolute atomic E-state index is 0.0837. The third kappa shape index (κ3) is 4.03. The monoisotopic (exact) mass is 230 g/mol. The van der Waals surface area contributed by atoms with Crippen LogP contribution in [0.5, 0.6) is 0 Å². The molecule has 1 fully saturated rings.